The summed E-state index contributed by atoms with van der Waals surface area (Å²) in [6, 6.07) is 12.9. The summed E-state index contributed by atoms with van der Waals surface area (Å²) >= 11 is 0. The fourth-order valence-corrected chi connectivity index (χ4v) is 1.88. The highest BCUT2D eigenvalue weighted by atomic mass is 16.5. The molecule has 2 rings (SSSR count). The number of methoxy groups -OCH3 is 2. The smallest absolute Gasteiger partial charge is 0.125 e. The molecule has 0 radical (unpaired) electrons. The zero-order valence-electron chi connectivity index (χ0n) is 11.6. The van der Waals surface area contributed by atoms with Crippen LogP contribution in [0.1, 0.15) is 11.1 Å². The van der Waals surface area contributed by atoms with E-state index in [0.29, 0.717) is 6.61 Å². The fraction of sp³-hybridized carbons (Fsp3) is 0.250. The maximum absolute atomic E-state index is 9.17. The predicted octanol–water partition coefficient (Wildman–Crippen LogP) is 2.78. The average molecular weight is 274 g/mol. The van der Waals surface area contributed by atoms with Gasteiger partial charge in [0, 0.05) is 5.56 Å². The lowest BCUT2D eigenvalue weighted by Crippen LogP contribution is -2.00. The van der Waals surface area contributed by atoms with Gasteiger partial charge < -0.3 is 19.3 Å². The van der Waals surface area contributed by atoms with Crippen molar-refractivity contribution >= 4 is 0 Å². The number of aliphatic hydroxyl groups is 1. The molecule has 0 saturated heterocycles. The molecule has 2 aromatic rings. The predicted molar refractivity (Wildman–Crippen MR) is 76.2 cm³/mol. The lowest BCUT2D eigenvalue weighted by molar-refractivity contribution is 0.278. The lowest BCUT2D eigenvalue weighted by atomic mass is 10.1. The van der Waals surface area contributed by atoms with Crippen molar-refractivity contribution in [2.24, 2.45) is 0 Å². The second kappa shape index (κ2) is 6.82. The van der Waals surface area contributed by atoms with Crippen molar-refractivity contribution in [1.82, 2.24) is 0 Å². The molecule has 0 aliphatic heterocycles. The second-order valence-corrected chi connectivity index (χ2v) is 4.27. The van der Waals surface area contributed by atoms with Gasteiger partial charge in [-0.05, 0) is 42.0 Å². The van der Waals surface area contributed by atoms with Crippen molar-refractivity contribution in [2.75, 3.05) is 14.2 Å². The van der Waals surface area contributed by atoms with Crippen LogP contribution in [-0.4, -0.2) is 19.3 Å². The van der Waals surface area contributed by atoms with Gasteiger partial charge in [0.05, 0.1) is 20.8 Å². The standard InChI is InChI=1S/C16H18O4/c1-18-14-4-6-15(7-5-14)20-11-13-9-12(10-17)3-8-16(13)19-2/h3-9,17H,10-11H2,1-2H3. The number of hydrogen-bond donors (Lipinski definition) is 1. The Balaban J connectivity index is 2.08. The largest absolute Gasteiger partial charge is 0.497 e. The molecular weight excluding hydrogens is 256 g/mol. The van der Waals surface area contributed by atoms with Crippen LogP contribution in [0.4, 0.5) is 0 Å². The zero-order chi connectivity index (χ0) is 14.4. The third-order valence-electron chi connectivity index (χ3n) is 2.98. The van der Waals surface area contributed by atoms with Gasteiger partial charge in [-0.15, -0.1) is 0 Å². The topological polar surface area (TPSA) is 47.9 Å². The Morgan fingerprint density at radius 3 is 2.20 bits per heavy atom. The Hall–Kier alpha value is -2.20. The molecule has 4 heteroatoms. The van der Waals surface area contributed by atoms with Crippen LogP contribution in [0.2, 0.25) is 0 Å². The molecular formula is C16H18O4. The van der Waals surface area contributed by atoms with Crippen molar-refractivity contribution in [2.45, 2.75) is 13.2 Å². The summed E-state index contributed by atoms with van der Waals surface area (Å²) in [4.78, 5) is 0. The minimum Gasteiger partial charge on any atom is -0.497 e. The number of aliphatic hydroxyl groups excluding tert-OH is 1. The molecule has 0 saturated carbocycles. The van der Waals surface area contributed by atoms with Crippen LogP contribution in [-0.2, 0) is 13.2 Å². The Morgan fingerprint density at radius 2 is 1.60 bits per heavy atom. The van der Waals surface area contributed by atoms with Gasteiger partial charge >= 0.3 is 0 Å². The molecule has 0 heterocycles. The zero-order valence-corrected chi connectivity index (χ0v) is 11.6. The Bertz CT molecular complexity index is 549. The molecule has 0 aromatic heterocycles. The minimum absolute atomic E-state index is 0.000466. The molecule has 20 heavy (non-hydrogen) atoms. The normalized spacial score (nSPS) is 10.2. The third kappa shape index (κ3) is 3.42. The van der Waals surface area contributed by atoms with Gasteiger partial charge in [0.15, 0.2) is 0 Å². The maximum Gasteiger partial charge on any atom is 0.125 e. The second-order valence-electron chi connectivity index (χ2n) is 4.27. The van der Waals surface area contributed by atoms with Gasteiger partial charge in [0.2, 0.25) is 0 Å². The van der Waals surface area contributed by atoms with Crippen LogP contribution in [0.3, 0.4) is 0 Å². The van der Waals surface area contributed by atoms with Gasteiger partial charge in [-0.2, -0.15) is 0 Å². The Morgan fingerprint density at radius 1 is 0.900 bits per heavy atom. The molecule has 4 nitrogen and oxygen atoms in total. The Labute approximate surface area is 118 Å². The summed E-state index contributed by atoms with van der Waals surface area (Å²) in [5.74, 6) is 2.29. The Kier molecular flexibility index (Phi) is 4.85. The first kappa shape index (κ1) is 14.2. The van der Waals surface area contributed by atoms with E-state index in [1.807, 2.05) is 42.5 Å². The van der Waals surface area contributed by atoms with Crippen LogP contribution in [0.5, 0.6) is 17.2 Å². The average Bonchev–Trinajstić information content (AvgIpc) is 2.53. The maximum atomic E-state index is 9.17. The van der Waals surface area contributed by atoms with Crippen molar-refractivity contribution in [3.8, 4) is 17.2 Å². The molecule has 0 fully saturated rings. The summed E-state index contributed by atoms with van der Waals surface area (Å²) in [7, 11) is 3.24. The van der Waals surface area contributed by atoms with Crippen LogP contribution in [0.15, 0.2) is 42.5 Å². The highest BCUT2D eigenvalue weighted by Crippen LogP contribution is 2.23. The first-order valence-electron chi connectivity index (χ1n) is 6.30. The van der Waals surface area contributed by atoms with Gasteiger partial charge in [-0.25, -0.2) is 0 Å². The van der Waals surface area contributed by atoms with Gasteiger partial charge in [0.1, 0.15) is 23.9 Å². The van der Waals surface area contributed by atoms with Crippen molar-refractivity contribution in [3.05, 3.63) is 53.6 Å². The van der Waals surface area contributed by atoms with Crippen molar-refractivity contribution in [3.63, 3.8) is 0 Å². The molecule has 0 atom stereocenters. The number of hydrogen-bond acceptors (Lipinski definition) is 4. The fourth-order valence-electron chi connectivity index (χ4n) is 1.88. The van der Waals surface area contributed by atoms with Crippen LogP contribution in [0, 0.1) is 0 Å². The van der Waals surface area contributed by atoms with Crippen LogP contribution in [0.25, 0.3) is 0 Å². The summed E-state index contributed by atoms with van der Waals surface area (Å²) in [6.07, 6.45) is 0. The molecule has 106 valence electrons. The molecule has 0 aliphatic rings. The van der Waals surface area contributed by atoms with E-state index in [0.717, 1.165) is 28.4 Å². The third-order valence-corrected chi connectivity index (χ3v) is 2.98. The van der Waals surface area contributed by atoms with E-state index in [-0.39, 0.29) is 6.61 Å². The first-order chi connectivity index (χ1) is 9.76. The van der Waals surface area contributed by atoms with E-state index < -0.39 is 0 Å². The van der Waals surface area contributed by atoms with Crippen LogP contribution >= 0.6 is 0 Å². The summed E-state index contributed by atoms with van der Waals surface area (Å²) in [5, 5.41) is 9.17. The van der Waals surface area contributed by atoms with E-state index in [2.05, 4.69) is 0 Å². The summed E-state index contributed by atoms with van der Waals surface area (Å²) < 4.78 is 16.1. The van der Waals surface area contributed by atoms with Gasteiger partial charge in [-0.3, -0.25) is 0 Å². The number of rotatable bonds is 6. The van der Waals surface area contributed by atoms with E-state index in [1.165, 1.54) is 0 Å². The molecule has 0 spiro atoms. The molecule has 1 N–H and O–H groups in total. The lowest BCUT2D eigenvalue weighted by Gasteiger charge is -2.12. The minimum atomic E-state index is -0.000466. The summed E-state index contributed by atoms with van der Waals surface area (Å²) in [5.41, 5.74) is 1.73. The van der Waals surface area contributed by atoms with Gasteiger partial charge in [0.25, 0.3) is 0 Å². The van der Waals surface area contributed by atoms with E-state index >= 15 is 0 Å². The molecule has 0 bridgehead atoms. The van der Waals surface area contributed by atoms with Gasteiger partial charge in [-0.1, -0.05) is 6.07 Å². The number of benzene rings is 2. The van der Waals surface area contributed by atoms with E-state index in [4.69, 9.17) is 14.2 Å². The first-order valence-corrected chi connectivity index (χ1v) is 6.30. The highest BCUT2D eigenvalue weighted by Gasteiger charge is 2.05. The quantitative estimate of drug-likeness (QED) is 0.880. The molecule has 0 unspecified atom stereocenters. The van der Waals surface area contributed by atoms with E-state index in [1.54, 1.807) is 14.2 Å². The molecule has 2 aromatic carbocycles. The van der Waals surface area contributed by atoms with E-state index in [9.17, 15) is 5.11 Å². The van der Waals surface area contributed by atoms with Crippen molar-refractivity contribution in [1.29, 1.82) is 0 Å². The number of ether oxygens (including phenoxy) is 3. The SMILES string of the molecule is COc1ccc(OCc2cc(CO)ccc2OC)cc1. The van der Waals surface area contributed by atoms with Crippen LogP contribution < -0.4 is 14.2 Å². The highest BCUT2D eigenvalue weighted by molar-refractivity contribution is 5.37. The van der Waals surface area contributed by atoms with Crippen molar-refractivity contribution < 1.29 is 19.3 Å². The molecule has 0 aliphatic carbocycles. The molecule has 0 amide bonds. The summed E-state index contributed by atoms with van der Waals surface area (Å²) in [6.45, 7) is 0.378. The monoisotopic (exact) mass is 274 g/mol.